The SMILES string of the molecule is CCOc1ccccc1C(NC)c1cc(C)c(Cl)cc1C. The van der Waals surface area contributed by atoms with Gasteiger partial charge in [0.05, 0.1) is 12.6 Å². The summed E-state index contributed by atoms with van der Waals surface area (Å²) in [5.74, 6) is 0.923. The summed E-state index contributed by atoms with van der Waals surface area (Å²) in [5.41, 5.74) is 4.64. The largest absolute Gasteiger partial charge is 0.494 e. The van der Waals surface area contributed by atoms with Gasteiger partial charge in [0.15, 0.2) is 0 Å². The Kier molecular flexibility index (Phi) is 5.27. The first-order valence-electron chi connectivity index (χ1n) is 7.24. The van der Waals surface area contributed by atoms with Crippen molar-refractivity contribution < 1.29 is 4.74 Å². The standard InChI is InChI=1S/C18H22ClNO/c1-5-21-17-9-7-6-8-14(17)18(20-4)15-10-13(3)16(19)11-12(15)2/h6-11,18,20H,5H2,1-4H3. The maximum Gasteiger partial charge on any atom is 0.124 e. The molecule has 2 nitrogen and oxygen atoms in total. The molecule has 0 saturated heterocycles. The zero-order valence-corrected chi connectivity index (χ0v) is 13.8. The maximum atomic E-state index is 6.22. The molecule has 0 aliphatic rings. The third-order valence-electron chi connectivity index (χ3n) is 3.68. The van der Waals surface area contributed by atoms with E-state index in [2.05, 4.69) is 24.4 Å². The van der Waals surface area contributed by atoms with Crippen LogP contribution >= 0.6 is 11.6 Å². The molecular weight excluding hydrogens is 282 g/mol. The highest BCUT2D eigenvalue weighted by molar-refractivity contribution is 6.31. The second kappa shape index (κ2) is 6.97. The van der Waals surface area contributed by atoms with Crippen LogP contribution in [0, 0.1) is 13.8 Å². The molecule has 0 amide bonds. The van der Waals surface area contributed by atoms with Gasteiger partial charge in [-0.3, -0.25) is 0 Å². The Bertz CT molecular complexity index is 625. The molecule has 3 heteroatoms. The molecule has 0 bridgehead atoms. The van der Waals surface area contributed by atoms with Crippen LogP contribution in [0.25, 0.3) is 0 Å². The summed E-state index contributed by atoms with van der Waals surface area (Å²) < 4.78 is 5.77. The van der Waals surface area contributed by atoms with Crippen molar-refractivity contribution in [1.29, 1.82) is 0 Å². The van der Waals surface area contributed by atoms with Gasteiger partial charge >= 0.3 is 0 Å². The topological polar surface area (TPSA) is 21.3 Å². The summed E-state index contributed by atoms with van der Waals surface area (Å²) in [6, 6.07) is 12.4. The molecule has 0 radical (unpaired) electrons. The average molecular weight is 304 g/mol. The van der Waals surface area contributed by atoms with Crippen LogP contribution in [0.15, 0.2) is 36.4 Å². The molecule has 0 heterocycles. The van der Waals surface area contributed by atoms with Gasteiger partial charge in [-0.25, -0.2) is 0 Å². The number of halogens is 1. The maximum absolute atomic E-state index is 6.22. The zero-order valence-electron chi connectivity index (χ0n) is 13.0. The van der Waals surface area contributed by atoms with Crippen molar-refractivity contribution in [2.24, 2.45) is 0 Å². The van der Waals surface area contributed by atoms with Gasteiger partial charge < -0.3 is 10.1 Å². The highest BCUT2D eigenvalue weighted by Gasteiger charge is 2.19. The second-order valence-corrected chi connectivity index (χ2v) is 5.56. The van der Waals surface area contributed by atoms with Gasteiger partial charge in [0.25, 0.3) is 0 Å². The highest BCUT2D eigenvalue weighted by Crippen LogP contribution is 2.33. The number of aryl methyl sites for hydroxylation is 2. The van der Waals surface area contributed by atoms with Gasteiger partial charge in [-0.1, -0.05) is 35.9 Å². The molecule has 2 aromatic carbocycles. The van der Waals surface area contributed by atoms with E-state index in [4.69, 9.17) is 16.3 Å². The lowest BCUT2D eigenvalue weighted by Gasteiger charge is -2.23. The number of para-hydroxylation sites is 1. The van der Waals surface area contributed by atoms with E-state index in [1.165, 1.54) is 11.1 Å². The van der Waals surface area contributed by atoms with Gasteiger partial charge in [-0.15, -0.1) is 0 Å². The lowest BCUT2D eigenvalue weighted by atomic mass is 9.93. The highest BCUT2D eigenvalue weighted by atomic mass is 35.5. The van der Waals surface area contributed by atoms with E-state index in [0.717, 1.165) is 21.9 Å². The van der Waals surface area contributed by atoms with Crippen molar-refractivity contribution in [2.45, 2.75) is 26.8 Å². The summed E-state index contributed by atoms with van der Waals surface area (Å²) >= 11 is 6.22. The minimum atomic E-state index is 0.0868. The molecule has 2 rings (SSSR count). The van der Waals surface area contributed by atoms with Crippen molar-refractivity contribution in [3.05, 3.63) is 63.7 Å². The van der Waals surface area contributed by atoms with Gasteiger partial charge in [-0.05, 0) is 56.6 Å². The Hall–Kier alpha value is -1.51. The van der Waals surface area contributed by atoms with Crippen LogP contribution in [0.5, 0.6) is 5.75 Å². The third kappa shape index (κ3) is 3.39. The van der Waals surface area contributed by atoms with Gasteiger partial charge in [-0.2, -0.15) is 0 Å². The van der Waals surface area contributed by atoms with Gasteiger partial charge in [0.2, 0.25) is 0 Å². The molecule has 2 aromatic rings. The van der Waals surface area contributed by atoms with E-state index in [1.807, 2.05) is 45.2 Å². The van der Waals surface area contributed by atoms with Crippen LogP contribution in [0.4, 0.5) is 0 Å². The lowest BCUT2D eigenvalue weighted by Crippen LogP contribution is -2.20. The molecule has 112 valence electrons. The van der Waals surface area contributed by atoms with Crippen molar-refractivity contribution >= 4 is 11.6 Å². The molecule has 0 spiro atoms. The van der Waals surface area contributed by atoms with Crippen molar-refractivity contribution in [3.8, 4) is 5.75 Å². The Labute approximate surface area is 132 Å². The second-order valence-electron chi connectivity index (χ2n) is 5.15. The summed E-state index contributed by atoms with van der Waals surface area (Å²) in [6.07, 6.45) is 0. The molecule has 1 atom stereocenters. The fourth-order valence-corrected chi connectivity index (χ4v) is 2.82. The van der Waals surface area contributed by atoms with Crippen molar-refractivity contribution in [2.75, 3.05) is 13.7 Å². The fraction of sp³-hybridized carbons (Fsp3) is 0.333. The first-order chi connectivity index (χ1) is 10.1. The van der Waals surface area contributed by atoms with Crippen LogP contribution < -0.4 is 10.1 Å². The molecule has 21 heavy (non-hydrogen) atoms. The molecule has 0 saturated carbocycles. The Morgan fingerprint density at radius 3 is 2.48 bits per heavy atom. The van der Waals surface area contributed by atoms with Crippen molar-refractivity contribution in [1.82, 2.24) is 5.32 Å². The predicted molar refractivity (Wildman–Crippen MR) is 89.4 cm³/mol. The number of hydrogen-bond acceptors (Lipinski definition) is 2. The molecule has 0 fully saturated rings. The smallest absolute Gasteiger partial charge is 0.124 e. The van der Waals surface area contributed by atoms with E-state index in [0.29, 0.717) is 6.61 Å². The Balaban J connectivity index is 2.52. The van der Waals surface area contributed by atoms with E-state index in [1.54, 1.807) is 0 Å². The van der Waals surface area contributed by atoms with Crippen LogP contribution in [0.3, 0.4) is 0 Å². The van der Waals surface area contributed by atoms with E-state index in [9.17, 15) is 0 Å². The van der Waals surface area contributed by atoms with E-state index < -0.39 is 0 Å². The van der Waals surface area contributed by atoms with Crippen LogP contribution in [0.1, 0.15) is 35.2 Å². The molecule has 0 aliphatic heterocycles. The quantitative estimate of drug-likeness (QED) is 0.867. The molecule has 1 N–H and O–H groups in total. The number of rotatable bonds is 5. The summed E-state index contributed by atoms with van der Waals surface area (Å²) in [6.45, 7) is 6.79. The van der Waals surface area contributed by atoms with E-state index in [-0.39, 0.29) is 6.04 Å². The number of hydrogen-bond donors (Lipinski definition) is 1. The number of benzene rings is 2. The summed E-state index contributed by atoms with van der Waals surface area (Å²) in [5, 5.41) is 4.21. The predicted octanol–water partition coefficient (Wildman–Crippen LogP) is 4.66. The van der Waals surface area contributed by atoms with Gasteiger partial charge in [0, 0.05) is 10.6 Å². The van der Waals surface area contributed by atoms with Crippen LogP contribution in [-0.2, 0) is 0 Å². The molecule has 0 aromatic heterocycles. The monoisotopic (exact) mass is 303 g/mol. The van der Waals surface area contributed by atoms with Gasteiger partial charge in [0.1, 0.15) is 5.75 Å². The molecular formula is C18H22ClNO. The normalized spacial score (nSPS) is 12.2. The Morgan fingerprint density at radius 1 is 1.10 bits per heavy atom. The summed E-state index contributed by atoms with van der Waals surface area (Å²) in [4.78, 5) is 0. The van der Waals surface area contributed by atoms with E-state index >= 15 is 0 Å². The first-order valence-corrected chi connectivity index (χ1v) is 7.61. The third-order valence-corrected chi connectivity index (χ3v) is 4.08. The fourth-order valence-electron chi connectivity index (χ4n) is 2.60. The van der Waals surface area contributed by atoms with Crippen LogP contribution in [0.2, 0.25) is 5.02 Å². The lowest BCUT2D eigenvalue weighted by molar-refractivity contribution is 0.334. The minimum Gasteiger partial charge on any atom is -0.494 e. The van der Waals surface area contributed by atoms with Crippen molar-refractivity contribution in [3.63, 3.8) is 0 Å². The Morgan fingerprint density at radius 2 is 1.81 bits per heavy atom. The zero-order chi connectivity index (χ0) is 15.4. The number of nitrogens with one attached hydrogen (secondary N) is 1. The first kappa shape index (κ1) is 15.9. The minimum absolute atomic E-state index is 0.0868. The molecule has 0 aliphatic carbocycles. The molecule has 1 unspecified atom stereocenters. The van der Waals surface area contributed by atoms with Crippen LogP contribution in [-0.4, -0.2) is 13.7 Å². The summed E-state index contributed by atoms with van der Waals surface area (Å²) in [7, 11) is 1.97. The average Bonchev–Trinajstić information content (AvgIpc) is 2.47. The number of ether oxygens (including phenoxy) is 1.